The van der Waals surface area contributed by atoms with E-state index in [1.165, 1.54) is 5.69 Å². The number of hydrogen-bond acceptors (Lipinski definition) is 3. The Hall–Kier alpha value is -0.390. The van der Waals surface area contributed by atoms with Crippen LogP contribution < -0.4 is 5.32 Å². The topological polar surface area (TPSA) is 39.1 Å². The average molecular weight is 262 g/mol. The summed E-state index contributed by atoms with van der Waals surface area (Å²) in [6.45, 7) is 5.36. The third kappa shape index (κ3) is 3.08. The summed E-state index contributed by atoms with van der Waals surface area (Å²) in [5.74, 6) is 0. The van der Waals surface area contributed by atoms with Crippen LogP contribution in [0.4, 0.5) is 0 Å². The highest BCUT2D eigenvalue weighted by atomic mass is 79.9. The lowest BCUT2D eigenvalue weighted by Crippen LogP contribution is -2.17. The lowest BCUT2D eigenvalue weighted by atomic mass is 10.4. The molecule has 0 atom stereocenters. The highest BCUT2D eigenvalue weighted by molar-refractivity contribution is 9.10. The average Bonchev–Trinajstić information content (AvgIpc) is 2.53. The first kappa shape index (κ1) is 11.7. The van der Waals surface area contributed by atoms with Crippen LogP contribution in [0, 0.1) is 0 Å². The van der Waals surface area contributed by atoms with Crippen LogP contribution in [0.1, 0.15) is 12.6 Å². The second-order valence-electron chi connectivity index (χ2n) is 2.94. The summed E-state index contributed by atoms with van der Waals surface area (Å²) in [4.78, 5) is 0. The number of hydrogen-bond donors (Lipinski definition) is 1. The summed E-state index contributed by atoms with van der Waals surface area (Å²) in [6.07, 6.45) is 1.82. The Balaban J connectivity index is 2.62. The SMILES string of the molecule is CCNCc1c(Br)cnn1CCOC. The van der Waals surface area contributed by atoms with E-state index in [0.29, 0.717) is 6.61 Å². The Kier molecular flexibility index (Phi) is 5.14. The maximum absolute atomic E-state index is 5.02. The zero-order valence-electron chi connectivity index (χ0n) is 8.59. The molecule has 0 fully saturated rings. The monoisotopic (exact) mass is 261 g/mol. The highest BCUT2D eigenvalue weighted by Gasteiger charge is 2.07. The molecule has 5 heteroatoms. The maximum atomic E-state index is 5.02. The van der Waals surface area contributed by atoms with Crippen molar-refractivity contribution in [3.63, 3.8) is 0 Å². The lowest BCUT2D eigenvalue weighted by Gasteiger charge is -2.07. The summed E-state index contributed by atoms with van der Waals surface area (Å²) >= 11 is 3.48. The van der Waals surface area contributed by atoms with Crippen LogP contribution in [-0.4, -0.2) is 30.0 Å². The number of nitrogens with zero attached hydrogens (tertiary/aromatic N) is 2. The maximum Gasteiger partial charge on any atom is 0.0665 e. The van der Waals surface area contributed by atoms with Crippen LogP contribution in [-0.2, 0) is 17.8 Å². The molecule has 0 spiro atoms. The molecule has 1 aromatic rings. The predicted octanol–water partition coefficient (Wildman–Crippen LogP) is 1.40. The Bertz CT molecular complexity index is 275. The first-order valence-electron chi connectivity index (χ1n) is 4.69. The Morgan fingerprint density at radius 3 is 3.07 bits per heavy atom. The molecular formula is C9H16BrN3O. The van der Waals surface area contributed by atoms with Crippen LogP contribution in [0.3, 0.4) is 0 Å². The molecule has 14 heavy (non-hydrogen) atoms. The van der Waals surface area contributed by atoms with E-state index in [4.69, 9.17) is 4.74 Å². The summed E-state index contributed by atoms with van der Waals surface area (Å²) in [5.41, 5.74) is 1.17. The standard InChI is InChI=1S/C9H16BrN3O/c1-3-11-7-9-8(10)6-12-13(9)4-5-14-2/h6,11H,3-5,7H2,1-2H3. The van der Waals surface area contributed by atoms with Gasteiger partial charge in [0.15, 0.2) is 0 Å². The highest BCUT2D eigenvalue weighted by Crippen LogP contribution is 2.15. The normalized spacial score (nSPS) is 10.8. The predicted molar refractivity (Wildman–Crippen MR) is 59.2 cm³/mol. The summed E-state index contributed by atoms with van der Waals surface area (Å²) in [6, 6.07) is 0. The summed E-state index contributed by atoms with van der Waals surface area (Å²) in [5, 5.41) is 7.53. The van der Waals surface area contributed by atoms with Gasteiger partial charge in [0.05, 0.1) is 29.5 Å². The van der Waals surface area contributed by atoms with Crippen LogP contribution in [0.25, 0.3) is 0 Å². The van der Waals surface area contributed by atoms with Crippen molar-refractivity contribution in [3.8, 4) is 0 Å². The largest absolute Gasteiger partial charge is 0.383 e. The van der Waals surface area contributed by atoms with Gasteiger partial charge in [-0.2, -0.15) is 5.10 Å². The zero-order chi connectivity index (χ0) is 10.4. The van der Waals surface area contributed by atoms with E-state index in [-0.39, 0.29) is 0 Å². The van der Waals surface area contributed by atoms with Gasteiger partial charge in [-0.15, -0.1) is 0 Å². The van der Waals surface area contributed by atoms with Crippen molar-refractivity contribution in [2.24, 2.45) is 0 Å². The van der Waals surface area contributed by atoms with Crippen LogP contribution >= 0.6 is 15.9 Å². The minimum absolute atomic E-state index is 0.688. The molecule has 80 valence electrons. The number of nitrogens with one attached hydrogen (secondary N) is 1. The van der Waals surface area contributed by atoms with Crippen molar-refractivity contribution >= 4 is 15.9 Å². The molecular weight excluding hydrogens is 246 g/mol. The first-order valence-corrected chi connectivity index (χ1v) is 5.48. The van der Waals surface area contributed by atoms with E-state index < -0.39 is 0 Å². The lowest BCUT2D eigenvalue weighted by molar-refractivity contribution is 0.182. The van der Waals surface area contributed by atoms with Gasteiger partial charge in [0.25, 0.3) is 0 Å². The molecule has 1 heterocycles. The van der Waals surface area contributed by atoms with Gasteiger partial charge in [-0.25, -0.2) is 0 Å². The number of ether oxygens (including phenoxy) is 1. The van der Waals surface area contributed by atoms with Gasteiger partial charge >= 0.3 is 0 Å². The van der Waals surface area contributed by atoms with Crippen LogP contribution in [0.2, 0.25) is 0 Å². The third-order valence-electron chi connectivity index (χ3n) is 1.95. The quantitative estimate of drug-likeness (QED) is 0.842. The van der Waals surface area contributed by atoms with E-state index in [1.807, 2.05) is 10.9 Å². The zero-order valence-corrected chi connectivity index (χ0v) is 10.2. The summed E-state index contributed by atoms with van der Waals surface area (Å²) in [7, 11) is 1.70. The third-order valence-corrected chi connectivity index (χ3v) is 2.61. The molecule has 0 aliphatic heterocycles. The van der Waals surface area contributed by atoms with Crippen molar-refractivity contribution in [2.75, 3.05) is 20.3 Å². The van der Waals surface area contributed by atoms with Gasteiger partial charge in [0, 0.05) is 13.7 Å². The Morgan fingerprint density at radius 2 is 2.43 bits per heavy atom. The molecule has 0 saturated carbocycles. The second kappa shape index (κ2) is 6.16. The molecule has 1 aromatic heterocycles. The van der Waals surface area contributed by atoms with Crippen molar-refractivity contribution in [1.29, 1.82) is 0 Å². The van der Waals surface area contributed by atoms with Gasteiger partial charge in [-0.05, 0) is 22.5 Å². The van der Waals surface area contributed by atoms with Crippen molar-refractivity contribution < 1.29 is 4.74 Å². The number of aromatic nitrogens is 2. The van der Waals surface area contributed by atoms with E-state index in [9.17, 15) is 0 Å². The Morgan fingerprint density at radius 1 is 1.64 bits per heavy atom. The fourth-order valence-electron chi connectivity index (χ4n) is 1.18. The van der Waals surface area contributed by atoms with Crippen LogP contribution in [0.5, 0.6) is 0 Å². The minimum Gasteiger partial charge on any atom is -0.383 e. The van der Waals surface area contributed by atoms with E-state index in [1.54, 1.807) is 7.11 Å². The van der Waals surface area contributed by atoms with Gasteiger partial charge in [0.1, 0.15) is 0 Å². The molecule has 1 rings (SSSR count). The Labute approximate surface area is 92.8 Å². The minimum atomic E-state index is 0.688. The van der Waals surface area contributed by atoms with E-state index in [2.05, 4.69) is 33.3 Å². The van der Waals surface area contributed by atoms with Gasteiger partial charge in [-0.3, -0.25) is 4.68 Å². The molecule has 1 N–H and O–H groups in total. The van der Waals surface area contributed by atoms with Crippen molar-refractivity contribution in [1.82, 2.24) is 15.1 Å². The molecule has 0 radical (unpaired) electrons. The fourth-order valence-corrected chi connectivity index (χ4v) is 1.61. The van der Waals surface area contributed by atoms with Crippen LogP contribution in [0.15, 0.2) is 10.7 Å². The van der Waals surface area contributed by atoms with Gasteiger partial charge in [-0.1, -0.05) is 6.92 Å². The van der Waals surface area contributed by atoms with Gasteiger partial charge in [0.2, 0.25) is 0 Å². The number of halogens is 1. The molecule has 0 aromatic carbocycles. The van der Waals surface area contributed by atoms with Crippen molar-refractivity contribution in [2.45, 2.75) is 20.0 Å². The molecule has 0 unspecified atom stereocenters. The number of methoxy groups -OCH3 is 1. The molecule has 0 amide bonds. The molecule has 0 saturated heterocycles. The van der Waals surface area contributed by atoms with E-state index in [0.717, 1.165) is 24.1 Å². The molecule has 0 aliphatic carbocycles. The van der Waals surface area contributed by atoms with Gasteiger partial charge < -0.3 is 10.1 Å². The smallest absolute Gasteiger partial charge is 0.0665 e. The van der Waals surface area contributed by atoms with Crippen molar-refractivity contribution in [3.05, 3.63) is 16.4 Å². The summed E-state index contributed by atoms with van der Waals surface area (Å²) < 4.78 is 8.02. The second-order valence-corrected chi connectivity index (χ2v) is 3.79. The first-order chi connectivity index (χ1) is 6.79. The van der Waals surface area contributed by atoms with E-state index >= 15 is 0 Å². The fraction of sp³-hybridized carbons (Fsp3) is 0.667. The number of rotatable bonds is 6. The molecule has 0 aliphatic rings. The molecule has 0 bridgehead atoms. The molecule has 4 nitrogen and oxygen atoms in total.